The largest absolute Gasteiger partial charge is 0.355 e. The Kier molecular flexibility index (Phi) is 6.36. The summed E-state index contributed by atoms with van der Waals surface area (Å²) in [4.78, 5) is 14.7. The topological polar surface area (TPSA) is 87.5 Å². The zero-order chi connectivity index (χ0) is 19.2. The molecule has 4 rings (SSSR count). The fraction of sp³-hybridized carbons (Fsp3) is 0.700. The zero-order valence-corrected chi connectivity index (χ0v) is 16.5. The number of aromatic nitrogens is 4. The van der Waals surface area contributed by atoms with Crippen LogP contribution < -0.4 is 15.5 Å². The van der Waals surface area contributed by atoms with Gasteiger partial charge >= 0.3 is 0 Å². The number of carbonyl (C=O) groups is 1. The van der Waals surface area contributed by atoms with Gasteiger partial charge in [-0.15, -0.1) is 15.3 Å². The van der Waals surface area contributed by atoms with E-state index in [2.05, 4.69) is 30.8 Å². The molecule has 2 aromatic rings. The van der Waals surface area contributed by atoms with E-state index in [1.54, 1.807) is 10.8 Å². The van der Waals surface area contributed by atoms with Crippen molar-refractivity contribution in [1.82, 2.24) is 30.4 Å². The Morgan fingerprint density at radius 2 is 1.82 bits per heavy atom. The van der Waals surface area contributed by atoms with E-state index in [1.165, 1.54) is 38.5 Å². The summed E-state index contributed by atoms with van der Waals surface area (Å²) in [6.45, 7) is 3.29. The summed E-state index contributed by atoms with van der Waals surface area (Å²) in [6.07, 6.45) is 11.3. The average molecular weight is 386 g/mol. The van der Waals surface area contributed by atoms with E-state index in [0.29, 0.717) is 6.04 Å². The Morgan fingerprint density at radius 1 is 1.04 bits per heavy atom. The van der Waals surface area contributed by atoms with E-state index in [1.807, 2.05) is 12.1 Å². The van der Waals surface area contributed by atoms with Crippen molar-refractivity contribution >= 4 is 17.4 Å². The molecule has 8 nitrogen and oxygen atoms in total. The van der Waals surface area contributed by atoms with Crippen molar-refractivity contribution in [2.45, 2.75) is 57.4 Å². The van der Waals surface area contributed by atoms with Crippen LogP contribution in [-0.4, -0.2) is 57.9 Å². The minimum atomic E-state index is 0.104. The number of hydrogen-bond acceptors (Lipinski definition) is 6. The van der Waals surface area contributed by atoms with Crippen LogP contribution in [0.4, 0.5) is 5.82 Å². The Balaban J connectivity index is 1.17. The molecule has 1 aliphatic carbocycles. The summed E-state index contributed by atoms with van der Waals surface area (Å²) < 4.78 is 1.69. The molecule has 0 unspecified atom stereocenters. The first-order chi connectivity index (χ1) is 13.8. The van der Waals surface area contributed by atoms with Gasteiger partial charge in [0.2, 0.25) is 5.91 Å². The van der Waals surface area contributed by atoms with E-state index in [0.717, 1.165) is 50.5 Å². The molecule has 0 spiro atoms. The number of rotatable bonds is 6. The minimum Gasteiger partial charge on any atom is -0.355 e. The smallest absolute Gasteiger partial charge is 0.223 e. The second-order valence-corrected chi connectivity index (χ2v) is 8.02. The van der Waals surface area contributed by atoms with Crippen molar-refractivity contribution in [3.8, 4) is 0 Å². The SMILES string of the molecule is O=C(NCCNC1CCCCCC1)C1CCN(c2ccc3nncn3n2)CC1. The first-order valence-electron chi connectivity index (χ1n) is 10.7. The fourth-order valence-electron chi connectivity index (χ4n) is 4.35. The summed E-state index contributed by atoms with van der Waals surface area (Å²) in [5.74, 6) is 1.22. The lowest BCUT2D eigenvalue weighted by Gasteiger charge is -2.32. The molecule has 0 atom stereocenters. The molecule has 2 fully saturated rings. The lowest BCUT2D eigenvalue weighted by atomic mass is 9.96. The number of nitrogens with one attached hydrogen (secondary N) is 2. The molecule has 0 bridgehead atoms. The molecule has 2 N–H and O–H groups in total. The minimum absolute atomic E-state index is 0.104. The summed E-state index contributed by atoms with van der Waals surface area (Å²) in [5, 5.41) is 19.1. The third-order valence-corrected chi connectivity index (χ3v) is 6.05. The van der Waals surface area contributed by atoms with Gasteiger partial charge < -0.3 is 15.5 Å². The monoisotopic (exact) mass is 385 g/mol. The van der Waals surface area contributed by atoms with Crippen molar-refractivity contribution in [1.29, 1.82) is 0 Å². The number of carbonyl (C=O) groups excluding carboxylic acids is 1. The van der Waals surface area contributed by atoms with Gasteiger partial charge in [0.1, 0.15) is 12.1 Å². The van der Waals surface area contributed by atoms with Crippen molar-refractivity contribution < 1.29 is 4.79 Å². The molecule has 1 aliphatic heterocycles. The highest BCUT2D eigenvalue weighted by Crippen LogP contribution is 2.22. The first-order valence-corrected chi connectivity index (χ1v) is 10.7. The molecule has 28 heavy (non-hydrogen) atoms. The summed E-state index contributed by atoms with van der Waals surface area (Å²) in [5.41, 5.74) is 0.746. The fourth-order valence-corrected chi connectivity index (χ4v) is 4.35. The van der Waals surface area contributed by atoms with Crippen LogP contribution in [0.25, 0.3) is 5.65 Å². The molecule has 3 heterocycles. The third kappa shape index (κ3) is 4.79. The van der Waals surface area contributed by atoms with Crippen LogP contribution in [0.2, 0.25) is 0 Å². The predicted octanol–water partition coefficient (Wildman–Crippen LogP) is 1.77. The van der Waals surface area contributed by atoms with Crippen molar-refractivity contribution in [3.05, 3.63) is 18.5 Å². The van der Waals surface area contributed by atoms with E-state index >= 15 is 0 Å². The first kappa shape index (κ1) is 19.1. The van der Waals surface area contributed by atoms with Gasteiger partial charge in [-0.05, 0) is 37.8 Å². The molecule has 152 valence electrons. The van der Waals surface area contributed by atoms with Crippen LogP contribution in [0.5, 0.6) is 0 Å². The standard InChI is InChI=1S/C20H31N7O/c28-20(22-12-11-21-17-5-3-1-2-4-6-17)16-9-13-26(14-10-16)19-8-7-18-24-23-15-27(18)25-19/h7-8,15-17,21H,1-6,9-14H2,(H,22,28). The molecule has 2 aliphatic rings. The van der Waals surface area contributed by atoms with E-state index in [4.69, 9.17) is 0 Å². The number of nitrogens with zero attached hydrogens (tertiary/aromatic N) is 5. The van der Waals surface area contributed by atoms with Crippen LogP contribution in [-0.2, 0) is 4.79 Å². The van der Waals surface area contributed by atoms with E-state index in [9.17, 15) is 4.79 Å². The molecule has 0 aromatic carbocycles. The molecule has 0 radical (unpaired) electrons. The van der Waals surface area contributed by atoms with Crippen LogP contribution in [0.15, 0.2) is 18.5 Å². The molecule has 1 saturated heterocycles. The molecule has 8 heteroatoms. The lowest BCUT2D eigenvalue weighted by molar-refractivity contribution is -0.125. The second kappa shape index (κ2) is 9.32. The Morgan fingerprint density at radius 3 is 2.61 bits per heavy atom. The number of fused-ring (bicyclic) bond motifs is 1. The summed E-state index contributed by atoms with van der Waals surface area (Å²) in [6, 6.07) is 4.54. The highest BCUT2D eigenvalue weighted by Gasteiger charge is 2.25. The van der Waals surface area contributed by atoms with E-state index < -0.39 is 0 Å². The van der Waals surface area contributed by atoms with Crippen LogP contribution in [0, 0.1) is 5.92 Å². The number of piperidine rings is 1. The van der Waals surface area contributed by atoms with Crippen molar-refractivity contribution in [2.75, 3.05) is 31.1 Å². The van der Waals surface area contributed by atoms with Crippen LogP contribution in [0.1, 0.15) is 51.4 Å². The molecular weight excluding hydrogens is 354 g/mol. The Bertz CT molecular complexity index is 761. The summed E-state index contributed by atoms with van der Waals surface area (Å²) in [7, 11) is 0. The molecular formula is C20H31N7O. The van der Waals surface area contributed by atoms with Crippen LogP contribution >= 0.6 is 0 Å². The van der Waals surface area contributed by atoms with E-state index in [-0.39, 0.29) is 11.8 Å². The van der Waals surface area contributed by atoms with Gasteiger partial charge in [0.25, 0.3) is 0 Å². The maximum atomic E-state index is 12.5. The normalized spacial score (nSPS) is 19.6. The maximum absolute atomic E-state index is 12.5. The van der Waals surface area contributed by atoms with Crippen LogP contribution in [0.3, 0.4) is 0 Å². The highest BCUT2D eigenvalue weighted by atomic mass is 16.1. The average Bonchev–Trinajstić information content (AvgIpc) is 3.05. The third-order valence-electron chi connectivity index (χ3n) is 6.05. The van der Waals surface area contributed by atoms with Gasteiger partial charge in [0.15, 0.2) is 5.65 Å². The van der Waals surface area contributed by atoms with Gasteiger partial charge in [-0.1, -0.05) is 25.7 Å². The zero-order valence-electron chi connectivity index (χ0n) is 16.5. The van der Waals surface area contributed by atoms with Gasteiger partial charge in [-0.3, -0.25) is 4.79 Å². The Hall–Kier alpha value is -2.22. The summed E-state index contributed by atoms with van der Waals surface area (Å²) >= 11 is 0. The van der Waals surface area contributed by atoms with Crippen molar-refractivity contribution in [3.63, 3.8) is 0 Å². The second-order valence-electron chi connectivity index (χ2n) is 8.02. The molecule has 1 amide bonds. The number of amides is 1. The van der Waals surface area contributed by atoms with Gasteiger partial charge in [0.05, 0.1) is 0 Å². The number of hydrogen-bond donors (Lipinski definition) is 2. The van der Waals surface area contributed by atoms with Gasteiger partial charge in [0, 0.05) is 38.1 Å². The Labute approximate surface area is 166 Å². The van der Waals surface area contributed by atoms with Crippen molar-refractivity contribution in [2.24, 2.45) is 5.92 Å². The number of anilines is 1. The molecule has 1 saturated carbocycles. The van der Waals surface area contributed by atoms with Gasteiger partial charge in [-0.2, -0.15) is 4.52 Å². The quantitative estimate of drug-likeness (QED) is 0.582. The highest BCUT2D eigenvalue weighted by molar-refractivity contribution is 5.78. The molecule has 2 aromatic heterocycles. The lowest BCUT2D eigenvalue weighted by Crippen LogP contribution is -2.43. The van der Waals surface area contributed by atoms with Gasteiger partial charge in [-0.25, -0.2) is 0 Å². The maximum Gasteiger partial charge on any atom is 0.223 e. The predicted molar refractivity (Wildman–Crippen MR) is 108 cm³/mol.